The summed E-state index contributed by atoms with van der Waals surface area (Å²) in [4.78, 5) is 12.0. The lowest BCUT2D eigenvalue weighted by Crippen LogP contribution is -2.48. The Morgan fingerprint density at radius 1 is 0.926 bits per heavy atom. The Labute approximate surface area is 159 Å². The number of carbonyl (C=O) groups excluding carboxylic acids is 1. The maximum atomic E-state index is 13.8. The van der Waals surface area contributed by atoms with Crippen LogP contribution in [-0.4, -0.2) is 58.2 Å². The van der Waals surface area contributed by atoms with Crippen LogP contribution in [0.4, 0.5) is 4.39 Å². The van der Waals surface area contributed by atoms with E-state index in [9.17, 15) is 9.18 Å². The first kappa shape index (κ1) is 23.3. The number of hydrogen-bond acceptors (Lipinski definition) is 7. The molecule has 0 atom stereocenters. The molecule has 0 saturated carbocycles. The second kappa shape index (κ2) is 12.6. The lowest BCUT2D eigenvalue weighted by Gasteiger charge is -2.33. The molecule has 8 heteroatoms. The molecule has 0 fully saturated rings. The first-order valence-electron chi connectivity index (χ1n) is 9.03. The van der Waals surface area contributed by atoms with E-state index in [0.717, 1.165) is 12.1 Å². The van der Waals surface area contributed by atoms with Crippen LogP contribution in [0.1, 0.15) is 38.1 Å². The molecule has 0 radical (unpaired) electrons. The van der Waals surface area contributed by atoms with E-state index < -0.39 is 30.5 Å². The maximum Gasteiger partial charge on any atom is 0.341 e. The van der Waals surface area contributed by atoms with Crippen LogP contribution in [0.25, 0.3) is 0 Å². The lowest BCUT2D eigenvalue weighted by molar-refractivity contribution is -0.261. The van der Waals surface area contributed by atoms with Crippen molar-refractivity contribution in [1.82, 2.24) is 0 Å². The van der Waals surface area contributed by atoms with Crippen molar-refractivity contribution in [3.8, 4) is 5.75 Å². The molecule has 154 valence electrons. The number of ether oxygens (including phenoxy) is 6. The molecular weight excluding hydrogens is 359 g/mol. The van der Waals surface area contributed by atoms with Crippen molar-refractivity contribution in [2.24, 2.45) is 0 Å². The average Bonchev–Trinajstić information content (AvgIpc) is 2.65. The number of rotatable bonds is 13. The van der Waals surface area contributed by atoms with Crippen LogP contribution < -0.4 is 4.74 Å². The first-order chi connectivity index (χ1) is 13.0. The molecule has 0 spiro atoms. The third-order valence-corrected chi connectivity index (χ3v) is 3.47. The zero-order valence-corrected chi connectivity index (χ0v) is 16.5. The number of halogens is 1. The van der Waals surface area contributed by atoms with Crippen molar-refractivity contribution >= 4 is 5.97 Å². The van der Waals surface area contributed by atoms with E-state index in [4.69, 9.17) is 28.4 Å². The van der Waals surface area contributed by atoms with Crippen LogP contribution in [0.15, 0.2) is 18.2 Å². The summed E-state index contributed by atoms with van der Waals surface area (Å²) >= 11 is 0. The monoisotopic (exact) mass is 388 g/mol. The standard InChI is InChI=1S/C19H29FO7/c1-6-23-18(24-7-2)16(19(25-8-3)26-9-4)27-15-12-13(20)10-11-14(15)17(21)22-5/h10-12,16,18-19H,6-9H2,1-5H3. The van der Waals surface area contributed by atoms with Gasteiger partial charge in [-0.05, 0) is 39.8 Å². The van der Waals surface area contributed by atoms with Gasteiger partial charge in [0.1, 0.15) is 17.1 Å². The van der Waals surface area contributed by atoms with E-state index in [0.29, 0.717) is 26.4 Å². The van der Waals surface area contributed by atoms with Crippen molar-refractivity contribution in [2.45, 2.75) is 46.4 Å². The van der Waals surface area contributed by atoms with Gasteiger partial charge in [0.2, 0.25) is 0 Å². The smallest absolute Gasteiger partial charge is 0.341 e. The molecular formula is C19H29FO7. The highest BCUT2D eigenvalue weighted by molar-refractivity contribution is 5.92. The summed E-state index contributed by atoms with van der Waals surface area (Å²) in [6.07, 6.45) is -2.61. The summed E-state index contributed by atoms with van der Waals surface area (Å²) in [5, 5.41) is 0. The summed E-state index contributed by atoms with van der Waals surface area (Å²) in [6, 6.07) is 3.54. The molecule has 0 amide bonds. The van der Waals surface area contributed by atoms with Gasteiger partial charge < -0.3 is 28.4 Å². The molecule has 0 heterocycles. The van der Waals surface area contributed by atoms with Gasteiger partial charge in [-0.15, -0.1) is 0 Å². The predicted molar refractivity (Wildman–Crippen MR) is 96.2 cm³/mol. The van der Waals surface area contributed by atoms with Crippen LogP contribution in [-0.2, 0) is 23.7 Å². The molecule has 0 N–H and O–H groups in total. The van der Waals surface area contributed by atoms with Crippen molar-refractivity contribution < 1.29 is 37.6 Å². The zero-order valence-electron chi connectivity index (χ0n) is 16.5. The van der Waals surface area contributed by atoms with Crippen molar-refractivity contribution in [2.75, 3.05) is 33.5 Å². The largest absolute Gasteiger partial charge is 0.479 e. The predicted octanol–water partition coefficient (Wildman–Crippen LogP) is 3.16. The van der Waals surface area contributed by atoms with E-state index in [-0.39, 0.29) is 11.3 Å². The Morgan fingerprint density at radius 2 is 1.41 bits per heavy atom. The van der Waals surface area contributed by atoms with Crippen LogP contribution in [0.5, 0.6) is 5.75 Å². The van der Waals surface area contributed by atoms with E-state index in [1.165, 1.54) is 13.2 Å². The molecule has 0 aliphatic rings. The quantitative estimate of drug-likeness (QED) is 0.380. The molecule has 1 aromatic rings. The van der Waals surface area contributed by atoms with Gasteiger partial charge in [0.25, 0.3) is 0 Å². The Morgan fingerprint density at radius 3 is 1.81 bits per heavy atom. The average molecular weight is 388 g/mol. The molecule has 0 aliphatic heterocycles. The normalized spacial score (nSPS) is 11.4. The van der Waals surface area contributed by atoms with E-state index >= 15 is 0 Å². The minimum absolute atomic E-state index is 0.0133. The number of esters is 1. The van der Waals surface area contributed by atoms with Gasteiger partial charge in [0.05, 0.1) is 7.11 Å². The minimum Gasteiger partial charge on any atom is -0.479 e. The van der Waals surface area contributed by atoms with Gasteiger partial charge >= 0.3 is 5.97 Å². The SMILES string of the molecule is CCOC(OCC)C(Oc1cc(F)ccc1C(=O)OC)C(OCC)OCC. The van der Waals surface area contributed by atoms with Gasteiger partial charge in [-0.1, -0.05) is 0 Å². The summed E-state index contributed by atoms with van der Waals surface area (Å²) < 4.78 is 47.0. The fourth-order valence-electron chi connectivity index (χ4n) is 2.39. The Balaban J connectivity index is 3.29. The maximum absolute atomic E-state index is 13.8. The van der Waals surface area contributed by atoms with Gasteiger partial charge in [-0.25, -0.2) is 9.18 Å². The van der Waals surface area contributed by atoms with Gasteiger partial charge in [0, 0.05) is 32.5 Å². The van der Waals surface area contributed by atoms with Crippen LogP contribution >= 0.6 is 0 Å². The third kappa shape index (κ3) is 7.06. The molecule has 0 saturated heterocycles. The van der Waals surface area contributed by atoms with Crippen LogP contribution in [0.3, 0.4) is 0 Å². The van der Waals surface area contributed by atoms with Crippen molar-refractivity contribution in [3.63, 3.8) is 0 Å². The molecule has 27 heavy (non-hydrogen) atoms. The van der Waals surface area contributed by atoms with Gasteiger partial charge in [-0.2, -0.15) is 0 Å². The van der Waals surface area contributed by atoms with E-state index in [1.807, 2.05) is 27.7 Å². The number of carbonyl (C=O) groups is 1. The summed E-state index contributed by atoms with van der Waals surface area (Å²) in [7, 11) is 1.24. The molecule has 0 aromatic heterocycles. The lowest BCUT2D eigenvalue weighted by atomic mass is 10.2. The number of methoxy groups -OCH3 is 1. The Bertz CT molecular complexity index is 539. The summed E-state index contributed by atoms with van der Waals surface area (Å²) in [6.45, 7) is 8.63. The second-order valence-electron chi connectivity index (χ2n) is 5.27. The fraction of sp³-hybridized carbons (Fsp3) is 0.632. The first-order valence-corrected chi connectivity index (χ1v) is 9.03. The topological polar surface area (TPSA) is 72.5 Å². The van der Waals surface area contributed by atoms with Crippen LogP contribution in [0, 0.1) is 5.82 Å². The molecule has 0 unspecified atom stereocenters. The Hall–Kier alpha value is -1.74. The van der Waals surface area contributed by atoms with E-state index in [1.54, 1.807) is 0 Å². The Kier molecular flexibility index (Phi) is 10.9. The van der Waals surface area contributed by atoms with Gasteiger partial charge in [-0.3, -0.25) is 0 Å². The highest BCUT2D eigenvalue weighted by Gasteiger charge is 2.35. The summed E-state index contributed by atoms with van der Waals surface area (Å²) in [5.41, 5.74) is 0.0717. The fourth-order valence-corrected chi connectivity index (χ4v) is 2.39. The van der Waals surface area contributed by atoms with Crippen molar-refractivity contribution in [3.05, 3.63) is 29.6 Å². The molecule has 1 rings (SSSR count). The molecule has 1 aromatic carbocycles. The van der Waals surface area contributed by atoms with Gasteiger partial charge in [0.15, 0.2) is 18.7 Å². The van der Waals surface area contributed by atoms with Crippen molar-refractivity contribution in [1.29, 1.82) is 0 Å². The molecule has 7 nitrogen and oxygen atoms in total. The number of benzene rings is 1. The summed E-state index contributed by atoms with van der Waals surface area (Å²) in [5.74, 6) is -1.23. The van der Waals surface area contributed by atoms with Crippen LogP contribution in [0.2, 0.25) is 0 Å². The highest BCUT2D eigenvalue weighted by Crippen LogP contribution is 2.26. The van der Waals surface area contributed by atoms with E-state index in [2.05, 4.69) is 0 Å². The zero-order chi connectivity index (χ0) is 20.2. The second-order valence-corrected chi connectivity index (χ2v) is 5.27. The molecule has 0 bridgehead atoms. The third-order valence-electron chi connectivity index (χ3n) is 3.47. The molecule has 0 aliphatic carbocycles. The minimum atomic E-state index is -0.907. The highest BCUT2D eigenvalue weighted by atomic mass is 19.1. The number of hydrogen-bond donors (Lipinski definition) is 0.